The minimum Gasteiger partial charge on any atom is -1.00 e. The van der Waals surface area contributed by atoms with Crippen molar-refractivity contribution in [3.8, 4) is 0 Å². The van der Waals surface area contributed by atoms with Crippen LogP contribution in [-0.2, 0) is 21.7 Å². The molecular formula is C20H22Cl2P2Ti. The first-order valence-corrected chi connectivity index (χ1v) is 12.4. The van der Waals surface area contributed by atoms with Crippen LogP contribution >= 0.6 is 15.2 Å². The van der Waals surface area contributed by atoms with Crippen LogP contribution in [0.3, 0.4) is 0 Å². The Morgan fingerprint density at radius 1 is 1.04 bits per heavy atom. The Morgan fingerprint density at radius 2 is 1.76 bits per heavy atom. The Balaban J connectivity index is 0.00000104. The molecule has 5 heteroatoms. The van der Waals surface area contributed by atoms with Gasteiger partial charge in [-0.1, -0.05) is 38.3 Å². The molecule has 2 aliphatic carbocycles. The zero-order valence-corrected chi connectivity index (χ0v) is 19.3. The van der Waals surface area contributed by atoms with E-state index in [1.165, 1.54) is 17.2 Å². The fourth-order valence-corrected chi connectivity index (χ4v) is 9.47. The van der Waals surface area contributed by atoms with Gasteiger partial charge in [0.05, 0.1) is 0 Å². The summed E-state index contributed by atoms with van der Waals surface area (Å²) in [6, 6.07) is 13.6. The molecule has 5 atom stereocenters. The van der Waals surface area contributed by atoms with Crippen molar-refractivity contribution in [2.24, 2.45) is 11.8 Å². The third kappa shape index (κ3) is 4.85. The molecular weight excluding hydrogens is 421 g/mol. The van der Waals surface area contributed by atoms with Crippen LogP contribution < -0.4 is 30.1 Å². The van der Waals surface area contributed by atoms with Gasteiger partial charge in [0.25, 0.3) is 0 Å². The third-order valence-corrected chi connectivity index (χ3v) is 12.9. The van der Waals surface area contributed by atoms with Gasteiger partial charge in [0, 0.05) is 0 Å². The van der Waals surface area contributed by atoms with Crippen LogP contribution in [0.15, 0.2) is 60.7 Å². The second-order valence-electron chi connectivity index (χ2n) is 6.45. The minimum atomic E-state index is -0.0371. The normalized spacial score (nSPS) is 26.1. The van der Waals surface area contributed by atoms with Crippen molar-refractivity contribution in [1.29, 1.82) is 0 Å². The summed E-state index contributed by atoms with van der Waals surface area (Å²) in [5.41, 5.74) is 0.825. The third-order valence-electron chi connectivity index (χ3n) is 5.18. The molecule has 0 heterocycles. The molecule has 0 N–H and O–H groups in total. The average molecular weight is 443 g/mol. The van der Waals surface area contributed by atoms with E-state index in [2.05, 4.69) is 80.5 Å². The average Bonchev–Trinajstić information content (AvgIpc) is 3.16. The fourth-order valence-electron chi connectivity index (χ4n) is 3.73. The zero-order valence-electron chi connectivity index (χ0n) is 14.4. The van der Waals surface area contributed by atoms with Gasteiger partial charge in [0.15, 0.2) is 0 Å². The second kappa shape index (κ2) is 10.1. The van der Waals surface area contributed by atoms with E-state index >= 15 is 0 Å². The molecule has 0 spiro atoms. The van der Waals surface area contributed by atoms with Crippen molar-refractivity contribution in [1.82, 2.24) is 0 Å². The summed E-state index contributed by atoms with van der Waals surface area (Å²) < 4.78 is 0. The molecule has 1 fully saturated rings. The van der Waals surface area contributed by atoms with Gasteiger partial charge in [-0.3, -0.25) is 0 Å². The molecule has 1 saturated carbocycles. The molecule has 2 aromatic carbocycles. The number of allylic oxidation sites excluding steroid dienone is 4. The van der Waals surface area contributed by atoms with Crippen LogP contribution in [0.1, 0.15) is 6.42 Å². The number of hydrogen-bond donors (Lipinski definition) is 0. The van der Waals surface area contributed by atoms with E-state index in [0.717, 1.165) is 11.6 Å². The first-order chi connectivity index (χ1) is 10.7. The molecule has 2 aliphatic rings. The monoisotopic (exact) mass is 442 g/mol. The summed E-state index contributed by atoms with van der Waals surface area (Å²) in [6.45, 7) is 5.03. The number of benzene rings is 1. The Hall–Kier alpha value is 0.464. The van der Waals surface area contributed by atoms with Crippen LogP contribution in [0.2, 0.25) is 0 Å². The summed E-state index contributed by atoms with van der Waals surface area (Å²) in [5.74, 6) is 1.46. The molecule has 0 amide bonds. The molecule has 0 radical (unpaired) electrons. The molecule has 0 nitrogen and oxygen atoms in total. The summed E-state index contributed by atoms with van der Waals surface area (Å²) in [6.07, 6.45) is 13.3. The predicted molar refractivity (Wildman–Crippen MR) is 103 cm³/mol. The van der Waals surface area contributed by atoms with E-state index < -0.39 is 0 Å². The van der Waals surface area contributed by atoms with Gasteiger partial charge < -0.3 is 31.2 Å². The van der Waals surface area contributed by atoms with Gasteiger partial charge in [-0.15, -0.1) is 65.6 Å². The maximum absolute atomic E-state index is 2.65. The maximum Gasteiger partial charge on any atom is 4.00 e. The zero-order chi connectivity index (χ0) is 15.1. The first kappa shape index (κ1) is 23.5. The molecule has 0 bridgehead atoms. The quantitative estimate of drug-likeness (QED) is 0.347. The fraction of sp³-hybridized carbons (Fsp3) is 0.300. The van der Waals surface area contributed by atoms with Crippen molar-refractivity contribution in [3.05, 3.63) is 67.1 Å². The number of hydrogen-bond acceptors (Lipinski definition) is 0. The largest absolute Gasteiger partial charge is 4.00 e. The Kier molecular flexibility index (Phi) is 9.52. The van der Waals surface area contributed by atoms with E-state index in [1.807, 2.05) is 0 Å². The number of fused-ring (bicyclic) bond motifs is 2. The van der Waals surface area contributed by atoms with E-state index in [9.17, 15) is 0 Å². The SMILES string of the molecule is CP(c1cc2ccccc2[cH-]1)P(C)C1[CH-]C2C=CC=CC2C1.[Cl-].[Cl-].[Ti+4]. The van der Waals surface area contributed by atoms with Gasteiger partial charge in [-0.25, -0.2) is 0 Å². The van der Waals surface area contributed by atoms with E-state index in [1.54, 1.807) is 5.30 Å². The molecule has 0 saturated heterocycles. The van der Waals surface area contributed by atoms with Gasteiger partial charge in [-0.2, -0.15) is 6.07 Å². The number of halogens is 2. The minimum absolute atomic E-state index is 0. The summed E-state index contributed by atoms with van der Waals surface area (Å²) in [4.78, 5) is 0. The molecule has 4 rings (SSSR count). The molecule has 5 unspecified atom stereocenters. The molecule has 0 aliphatic heterocycles. The predicted octanol–water partition coefficient (Wildman–Crippen LogP) is -0.337. The van der Waals surface area contributed by atoms with Crippen LogP contribution in [0.25, 0.3) is 10.8 Å². The van der Waals surface area contributed by atoms with Crippen molar-refractivity contribution in [2.45, 2.75) is 12.1 Å². The van der Waals surface area contributed by atoms with Gasteiger partial charge in [0.2, 0.25) is 0 Å². The Morgan fingerprint density at radius 3 is 2.48 bits per heavy atom. The van der Waals surface area contributed by atoms with Crippen molar-refractivity contribution < 1.29 is 46.5 Å². The van der Waals surface area contributed by atoms with Crippen molar-refractivity contribution in [2.75, 3.05) is 13.3 Å². The van der Waals surface area contributed by atoms with Crippen molar-refractivity contribution in [3.63, 3.8) is 0 Å². The van der Waals surface area contributed by atoms with Crippen molar-refractivity contribution >= 4 is 31.3 Å². The molecule has 25 heavy (non-hydrogen) atoms. The van der Waals surface area contributed by atoms with Gasteiger partial charge >= 0.3 is 21.7 Å². The number of rotatable bonds is 3. The summed E-state index contributed by atoms with van der Waals surface area (Å²) in [7, 11) is 0.0115. The second-order valence-corrected chi connectivity index (χ2v) is 13.5. The Bertz CT molecular complexity index is 687. The van der Waals surface area contributed by atoms with E-state index in [0.29, 0.717) is 5.92 Å². The maximum atomic E-state index is 2.65. The van der Waals surface area contributed by atoms with Crippen LogP contribution in [0, 0.1) is 18.3 Å². The molecule has 2 aromatic rings. The van der Waals surface area contributed by atoms with Crippen LogP contribution in [-0.4, -0.2) is 19.0 Å². The summed E-state index contributed by atoms with van der Waals surface area (Å²) in [5, 5.41) is 4.41. The van der Waals surface area contributed by atoms with Gasteiger partial charge in [-0.05, 0) is 19.2 Å². The van der Waals surface area contributed by atoms with Gasteiger partial charge in [0.1, 0.15) is 0 Å². The summed E-state index contributed by atoms with van der Waals surface area (Å²) >= 11 is 0. The first-order valence-electron chi connectivity index (χ1n) is 8.04. The standard InChI is InChI=1S/C20H22P2.2ClH.Ti/c1-21(19-11-15-7-3-4-8-16(15)12-19)22(2)20-13-17-9-5-6-10-18(17)14-20;;;/h3-13,17-18,20H,14H2,1-2H3;2*1H;/q-2;;;+4/p-2. The van der Waals surface area contributed by atoms with Crippen LogP contribution in [0.4, 0.5) is 0 Å². The Labute approximate surface area is 181 Å². The van der Waals surface area contributed by atoms with E-state index in [4.69, 9.17) is 0 Å². The molecule has 130 valence electrons. The van der Waals surface area contributed by atoms with E-state index in [-0.39, 0.29) is 61.8 Å². The topological polar surface area (TPSA) is 0 Å². The molecule has 0 aromatic heterocycles. The van der Waals surface area contributed by atoms with Crippen LogP contribution in [0.5, 0.6) is 0 Å². The smallest absolute Gasteiger partial charge is 1.00 e.